The van der Waals surface area contributed by atoms with Crippen LogP contribution in [-0.4, -0.2) is 39.0 Å². The standard InChI is InChI=1S/C14H11N5O3S/c1-22-14(21)11-6-19(18-17-11)10-4-2-3-9(5-10)16-13(20)12-7-23-8-15-12/h2-8H,1H3,(H,16,20). The highest BCUT2D eigenvalue weighted by Crippen LogP contribution is 2.15. The highest BCUT2D eigenvalue weighted by molar-refractivity contribution is 7.07. The molecule has 8 nitrogen and oxygen atoms in total. The maximum absolute atomic E-state index is 12.0. The number of esters is 1. The molecule has 0 unspecified atom stereocenters. The van der Waals surface area contributed by atoms with Crippen molar-refractivity contribution in [2.24, 2.45) is 0 Å². The Labute approximate surface area is 134 Å². The largest absolute Gasteiger partial charge is 0.464 e. The predicted octanol–water partition coefficient (Wildman–Crippen LogP) is 1.76. The molecule has 0 fully saturated rings. The third-order valence-corrected chi connectivity index (χ3v) is 3.51. The molecule has 1 aromatic carbocycles. The number of ether oxygens (including phenoxy) is 1. The molecule has 0 bridgehead atoms. The second-order valence-corrected chi connectivity index (χ2v) is 5.14. The number of benzene rings is 1. The molecule has 3 aromatic rings. The summed E-state index contributed by atoms with van der Waals surface area (Å²) in [5.74, 6) is -0.860. The number of carbonyl (C=O) groups excluding carboxylic acids is 2. The first kappa shape index (κ1) is 14.9. The number of hydrogen-bond acceptors (Lipinski definition) is 7. The van der Waals surface area contributed by atoms with E-state index in [1.54, 1.807) is 35.2 Å². The van der Waals surface area contributed by atoms with Gasteiger partial charge in [-0.05, 0) is 18.2 Å². The lowest BCUT2D eigenvalue weighted by Crippen LogP contribution is -2.12. The molecule has 3 rings (SSSR count). The van der Waals surface area contributed by atoms with Crippen molar-refractivity contribution in [2.75, 3.05) is 12.4 Å². The van der Waals surface area contributed by atoms with Crippen LogP contribution in [0.25, 0.3) is 5.69 Å². The molecule has 9 heteroatoms. The number of rotatable bonds is 4. The molecule has 2 aromatic heterocycles. The summed E-state index contributed by atoms with van der Waals surface area (Å²) in [4.78, 5) is 27.3. The van der Waals surface area contributed by atoms with Gasteiger partial charge in [-0.2, -0.15) is 0 Å². The van der Waals surface area contributed by atoms with Crippen LogP contribution < -0.4 is 5.32 Å². The molecule has 0 aliphatic heterocycles. The van der Waals surface area contributed by atoms with Crippen LogP contribution in [0.2, 0.25) is 0 Å². The van der Waals surface area contributed by atoms with E-state index in [4.69, 9.17) is 0 Å². The smallest absolute Gasteiger partial charge is 0.360 e. The van der Waals surface area contributed by atoms with Crippen LogP contribution in [0.3, 0.4) is 0 Å². The Morgan fingerprint density at radius 3 is 2.91 bits per heavy atom. The zero-order valence-electron chi connectivity index (χ0n) is 12.0. The van der Waals surface area contributed by atoms with E-state index in [-0.39, 0.29) is 11.6 Å². The molecule has 0 radical (unpaired) electrons. The third-order valence-electron chi connectivity index (χ3n) is 2.92. The van der Waals surface area contributed by atoms with E-state index in [1.807, 2.05) is 0 Å². The van der Waals surface area contributed by atoms with Crippen LogP contribution in [0.5, 0.6) is 0 Å². The van der Waals surface area contributed by atoms with Crippen molar-refractivity contribution in [1.29, 1.82) is 0 Å². The second-order valence-electron chi connectivity index (χ2n) is 4.42. The quantitative estimate of drug-likeness (QED) is 0.732. The lowest BCUT2D eigenvalue weighted by atomic mass is 10.2. The van der Waals surface area contributed by atoms with Crippen LogP contribution in [0.4, 0.5) is 5.69 Å². The third kappa shape index (κ3) is 3.24. The van der Waals surface area contributed by atoms with Gasteiger partial charge < -0.3 is 10.1 Å². The van der Waals surface area contributed by atoms with Crippen molar-refractivity contribution in [3.63, 3.8) is 0 Å². The van der Waals surface area contributed by atoms with Gasteiger partial charge >= 0.3 is 5.97 Å². The fourth-order valence-corrected chi connectivity index (χ4v) is 2.37. The summed E-state index contributed by atoms with van der Waals surface area (Å²) >= 11 is 1.35. The number of anilines is 1. The van der Waals surface area contributed by atoms with Crippen molar-refractivity contribution >= 4 is 28.9 Å². The van der Waals surface area contributed by atoms with Gasteiger partial charge in [-0.15, -0.1) is 16.4 Å². The Kier molecular flexibility index (Phi) is 4.11. The SMILES string of the molecule is COC(=O)c1cn(-c2cccc(NC(=O)c3cscn3)c2)nn1. The number of nitrogens with zero attached hydrogens (tertiary/aromatic N) is 4. The summed E-state index contributed by atoms with van der Waals surface area (Å²) < 4.78 is 6.01. The molecule has 0 aliphatic rings. The van der Waals surface area contributed by atoms with Gasteiger partial charge in [-0.3, -0.25) is 4.79 Å². The number of amides is 1. The number of hydrogen-bond donors (Lipinski definition) is 1. The molecule has 2 heterocycles. The number of methoxy groups -OCH3 is 1. The molecule has 116 valence electrons. The second kappa shape index (κ2) is 6.36. The number of aromatic nitrogens is 4. The fourth-order valence-electron chi connectivity index (χ4n) is 1.83. The minimum absolute atomic E-state index is 0.101. The molecule has 23 heavy (non-hydrogen) atoms. The van der Waals surface area contributed by atoms with E-state index in [1.165, 1.54) is 29.3 Å². The minimum Gasteiger partial charge on any atom is -0.464 e. The first-order valence-corrected chi connectivity index (χ1v) is 7.42. The summed E-state index contributed by atoms with van der Waals surface area (Å²) in [6.45, 7) is 0. The molecule has 1 amide bonds. The van der Waals surface area contributed by atoms with Crippen molar-refractivity contribution < 1.29 is 14.3 Å². The first-order valence-electron chi connectivity index (χ1n) is 6.48. The number of carbonyl (C=O) groups is 2. The van der Waals surface area contributed by atoms with Crippen molar-refractivity contribution in [2.45, 2.75) is 0 Å². The Balaban J connectivity index is 1.81. The number of thiazole rings is 1. The maximum Gasteiger partial charge on any atom is 0.360 e. The summed E-state index contributed by atoms with van der Waals surface area (Å²) in [6.07, 6.45) is 1.45. The highest BCUT2D eigenvalue weighted by Gasteiger charge is 2.12. The summed E-state index contributed by atoms with van der Waals surface area (Å²) in [7, 11) is 1.27. The summed E-state index contributed by atoms with van der Waals surface area (Å²) in [5.41, 5.74) is 3.27. The first-order chi connectivity index (χ1) is 11.2. The van der Waals surface area contributed by atoms with Gasteiger partial charge in [-0.25, -0.2) is 14.5 Å². The monoisotopic (exact) mass is 329 g/mol. The van der Waals surface area contributed by atoms with Crippen molar-refractivity contribution in [3.8, 4) is 5.69 Å². The van der Waals surface area contributed by atoms with Gasteiger partial charge in [0.1, 0.15) is 5.69 Å². The van der Waals surface area contributed by atoms with E-state index < -0.39 is 5.97 Å². The van der Waals surface area contributed by atoms with Gasteiger partial charge in [0.25, 0.3) is 5.91 Å². The van der Waals surface area contributed by atoms with Gasteiger partial charge in [-0.1, -0.05) is 11.3 Å². The molecule has 0 aliphatic carbocycles. The topological polar surface area (TPSA) is 99.0 Å². The molecule has 1 N–H and O–H groups in total. The lowest BCUT2D eigenvalue weighted by Gasteiger charge is -2.06. The normalized spacial score (nSPS) is 10.3. The van der Waals surface area contributed by atoms with Gasteiger partial charge in [0, 0.05) is 11.1 Å². The Morgan fingerprint density at radius 1 is 1.30 bits per heavy atom. The molecule has 0 spiro atoms. The van der Waals surface area contributed by atoms with Crippen LogP contribution in [0.1, 0.15) is 21.0 Å². The predicted molar refractivity (Wildman–Crippen MR) is 82.8 cm³/mol. The maximum atomic E-state index is 12.0. The summed E-state index contributed by atoms with van der Waals surface area (Å²) in [6, 6.07) is 6.98. The van der Waals surface area contributed by atoms with Crippen molar-refractivity contribution in [3.05, 3.63) is 52.7 Å². The molecule has 0 atom stereocenters. The zero-order valence-corrected chi connectivity index (χ0v) is 12.8. The Hall–Kier alpha value is -3.07. The van der Waals surface area contributed by atoms with Crippen LogP contribution >= 0.6 is 11.3 Å². The average molecular weight is 329 g/mol. The highest BCUT2D eigenvalue weighted by atomic mass is 32.1. The van der Waals surface area contributed by atoms with Crippen LogP contribution in [-0.2, 0) is 4.74 Å². The molecule has 0 saturated carbocycles. The van der Waals surface area contributed by atoms with E-state index in [0.29, 0.717) is 17.1 Å². The zero-order chi connectivity index (χ0) is 16.2. The van der Waals surface area contributed by atoms with Crippen molar-refractivity contribution in [1.82, 2.24) is 20.0 Å². The van der Waals surface area contributed by atoms with E-state index >= 15 is 0 Å². The number of nitrogens with one attached hydrogen (secondary N) is 1. The Bertz CT molecular complexity index is 844. The molecule has 0 saturated heterocycles. The van der Waals surface area contributed by atoms with Gasteiger partial charge in [0.15, 0.2) is 5.69 Å². The van der Waals surface area contributed by atoms with E-state index in [0.717, 1.165) is 0 Å². The van der Waals surface area contributed by atoms with Gasteiger partial charge in [0.2, 0.25) is 0 Å². The van der Waals surface area contributed by atoms with E-state index in [9.17, 15) is 9.59 Å². The van der Waals surface area contributed by atoms with Gasteiger partial charge in [0.05, 0.1) is 24.5 Å². The van der Waals surface area contributed by atoms with E-state index in [2.05, 4.69) is 25.3 Å². The summed E-state index contributed by atoms with van der Waals surface area (Å²) in [5, 5.41) is 12.0. The average Bonchev–Trinajstić information content (AvgIpc) is 3.26. The fraction of sp³-hybridized carbons (Fsp3) is 0.0714. The van der Waals surface area contributed by atoms with Crippen LogP contribution in [0, 0.1) is 0 Å². The molecular weight excluding hydrogens is 318 g/mol. The lowest BCUT2D eigenvalue weighted by molar-refractivity contribution is 0.0594. The minimum atomic E-state index is -0.566. The van der Waals surface area contributed by atoms with Crippen LogP contribution in [0.15, 0.2) is 41.4 Å². The molecular formula is C14H11N5O3S. The Morgan fingerprint density at radius 2 is 2.17 bits per heavy atom.